The second-order valence-corrected chi connectivity index (χ2v) is 13.0. The Kier molecular flexibility index (Phi) is 9.80. The number of carbonyl (C=O) groups excluding carboxylic acids is 4. The standard InChI is InChI=1S/C40H37N7O6/c1-25-21-30(7-11-32(25)40(51)46(24-48)36-13-14-37(49)42-39(36)50)45(2)19-20-53-31-8-5-29(6-9-31)47-23-34(38(43-47)26-15-17-41-18-16-26)28-3-10-33-27(22-28)4-12-35(33)44-52/h3,5-11,15-18,21-24,36,52H,4,12-14,19-20H2,1-2H3,(H,42,49,50)/b44-35+. The van der Waals surface area contributed by atoms with E-state index in [2.05, 4.69) is 21.5 Å². The predicted octanol–water partition coefficient (Wildman–Crippen LogP) is 4.95. The Morgan fingerprint density at radius 3 is 2.51 bits per heavy atom. The zero-order chi connectivity index (χ0) is 37.1. The second kappa shape index (κ2) is 14.9. The van der Waals surface area contributed by atoms with Crippen LogP contribution in [0.2, 0.25) is 0 Å². The lowest BCUT2D eigenvalue weighted by Gasteiger charge is -2.29. The molecule has 7 rings (SSSR count). The Balaban J connectivity index is 1.00. The number of aryl methyl sites for hydroxylation is 2. The van der Waals surface area contributed by atoms with Crippen LogP contribution in [0.1, 0.15) is 46.3 Å². The van der Waals surface area contributed by atoms with Gasteiger partial charge in [-0.05, 0) is 97.5 Å². The van der Waals surface area contributed by atoms with Crippen molar-refractivity contribution >= 4 is 35.5 Å². The van der Waals surface area contributed by atoms with E-state index in [0.717, 1.165) is 56.2 Å². The van der Waals surface area contributed by atoms with Gasteiger partial charge in [0.05, 0.1) is 17.9 Å². The third kappa shape index (κ3) is 7.13. The lowest BCUT2D eigenvalue weighted by atomic mass is 9.98. The van der Waals surface area contributed by atoms with Gasteiger partial charge in [0, 0.05) is 60.0 Å². The summed E-state index contributed by atoms with van der Waals surface area (Å²) in [6.07, 6.45) is 7.55. The summed E-state index contributed by atoms with van der Waals surface area (Å²) in [6, 6.07) is 22.0. The fourth-order valence-electron chi connectivity index (χ4n) is 6.78. The average Bonchev–Trinajstić information content (AvgIpc) is 3.81. The zero-order valence-electron chi connectivity index (χ0n) is 29.2. The molecule has 53 heavy (non-hydrogen) atoms. The maximum Gasteiger partial charge on any atom is 0.261 e. The fraction of sp³-hybridized carbons (Fsp3) is 0.225. The van der Waals surface area contributed by atoms with Gasteiger partial charge in [-0.2, -0.15) is 5.10 Å². The predicted molar refractivity (Wildman–Crippen MR) is 197 cm³/mol. The minimum absolute atomic E-state index is 0.0588. The van der Waals surface area contributed by atoms with Crippen LogP contribution in [0.15, 0.2) is 96.5 Å². The summed E-state index contributed by atoms with van der Waals surface area (Å²) in [4.78, 5) is 55.9. The van der Waals surface area contributed by atoms with E-state index < -0.39 is 23.8 Å². The topological polar surface area (TPSA) is 159 Å². The molecule has 0 spiro atoms. The monoisotopic (exact) mass is 711 g/mol. The first-order valence-corrected chi connectivity index (χ1v) is 17.3. The van der Waals surface area contributed by atoms with Gasteiger partial charge >= 0.3 is 0 Å². The quantitative estimate of drug-likeness (QED) is 0.0837. The molecule has 13 nitrogen and oxygen atoms in total. The molecule has 13 heteroatoms. The third-order valence-corrected chi connectivity index (χ3v) is 9.72. The number of nitrogens with one attached hydrogen (secondary N) is 1. The number of pyridine rings is 1. The van der Waals surface area contributed by atoms with Crippen LogP contribution in [-0.4, -0.2) is 81.0 Å². The third-order valence-electron chi connectivity index (χ3n) is 9.72. The van der Waals surface area contributed by atoms with Crippen molar-refractivity contribution in [2.45, 2.75) is 38.6 Å². The number of likely N-dealkylation sites (N-methyl/N-ethyl adjacent to an activating group) is 1. The lowest BCUT2D eigenvalue weighted by Crippen LogP contribution is -2.53. The first-order chi connectivity index (χ1) is 25.7. The Morgan fingerprint density at radius 2 is 1.79 bits per heavy atom. The molecule has 0 saturated carbocycles. The van der Waals surface area contributed by atoms with Gasteiger partial charge in [-0.25, -0.2) is 4.68 Å². The Labute approximate surface area is 305 Å². The van der Waals surface area contributed by atoms with Crippen molar-refractivity contribution in [3.8, 4) is 33.8 Å². The number of imide groups is 2. The van der Waals surface area contributed by atoms with E-state index in [1.807, 2.05) is 77.4 Å². The van der Waals surface area contributed by atoms with Gasteiger partial charge in [0.1, 0.15) is 24.1 Å². The largest absolute Gasteiger partial charge is 0.492 e. The molecule has 1 unspecified atom stereocenters. The molecule has 3 heterocycles. The van der Waals surface area contributed by atoms with Crippen molar-refractivity contribution in [3.63, 3.8) is 0 Å². The summed E-state index contributed by atoms with van der Waals surface area (Å²) in [5.74, 6) is -0.972. The van der Waals surface area contributed by atoms with E-state index in [1.54, 1.807) is 31.5 Å². The van der Waals surface area contributed by atoms with Crippen LogP contribution in [0.4, 0.5) is 5.69 Å². The molecule has 1 atom stereocenters. The molecule has 1 saturated heterocycles. The fourth-order valence-corrected chi connectivity index (χ4v) is 6.78. The van der Waals surface area contributed by atoms with Gasteiger partial charge in [-0.1, -0.05) is 23.4 Å². The number of carbonyl (C=O) groups is 4. The smallest absolute Gasteiger partial charge is 0.261 e. The molecular weight excluding hydrogens is 674 g/mol. The minimum Gasteiger partial charge on any atom is -0.492 e. The van der Waals surface area contributed by atoms with Crippen LogP contribution < -0.4 is 15.0 Å². The van der Waals surface area contributed by atoms with Gasteiger partial charge < -0.3 is 14.8 Å². The number of nitrogens with zero attached hydrogens (tertiary/aromatic N) is 6. The molecule has 1 aliphatic carbocycles. The summed E-state index contributed by atoms with van der Waals surface area (Å²) in [6.45, 7) is 2.71. The Morgan fingerprint density at radius 1 is 1.00 bits per heavy atom. The Bertz CT molecular complexity index is 2230. The second-order valence-electron chi connectivity index (χ2n) is 13.0. The van der Waals surface area contributed by atoms with E-state index in [1.165, 1.54) is 0 Å². The number of piperidine rings is 1. The summed E-state index contributed by atoms with van der Waals surface area (Å²) < 4.78 is 7.93. The molecule has 0 radical (unpaired) electrons. The van der Waals surface area contributed by atoms with Crippen LogP contribution >= 0.6 is 0 Å². The highest BCUT2D eigenvalue weighted by Crippen LogP contribution is 2.35. The molecule has 2 aliphatic rings. The molecule has 268 valence electrons. The number of rotatable bonds is 11. The van der Waals surface area contributed by atoms with E-state index >= 15 is 0 Å². The van der Waals surface area contributed by atoms with Crippen molar-refractivity contribution in [1.29, 1.82) is 0 Å². The number of anilines is 1. The minimum atomic E-state index is -1.03. The van der Waals surface area contributed by atoms with Gasteiger partial charge in [-0.15, -0.1) is 0 Å². The van der Waals surface area contributed by atoms with Gasteiger partial charge in [0.15, 0.2) is 0 Å². The van der Waals surface area contributed by atoms with Gasteiger partial charge in [0.2, 0.25) is 18.2 Å². The van der Waals surface area contributed by atoms with Crippen LogP contribution in [0, 0.1) is 6.92 Å². The van der Waals surface area contributed by atoms with Gasteiger partial charge in [-0.3, -0.25) is 34.4 Å². The first-order valence-electron chi connectivity index (χ1n) is 17.3. The van der Waals surface area contributed by atoms with Gasteiger partial charge in [0.25, 0.3) is 5.91 Å². The highest BCUT2D eigenvalue weighted by atomic mass is 16.5. The zero-order valence-corrected chi connectivity index (χ0v) is 29.2. The number of fused-ring (bicyclic) bond motifs is 1. The molecule has 3 aromatic carbocycles. The van der Waals surface area contributed by atoms with Crippen molar-refractivity contribution < 1.29 is 29.1 Å². The highest BCUT2D eigenvalue weighted by Gasteiger charge is 2.35. The summed E-state index contributed by atoms with van der Waals surface area (Å²) >= 11 is 0. The first kappa shape index (κ1) is 34.8. The van der Waals surface area contributed by atoms with E-state index in [4.69, 9.17) is 9.84 Å². The van der Waals surface area contributed by atoms with Crippen molar-refractivity contribution in [2.24, 2.45) is 5.16 Å². The van der Waals surface area contributed by atoms with Crippen LogP contribution in [0.5, 0.6) is 5.75 Å². The maximum atomic E-state index is 13.2. The van der Waals surface area contributed by atoms with Crippen molar-refractivity contribution in [1.82, 2.24) is 25.0 Å². The molecular formula is C40H37N7O6. The number of aromatic nitrogens is 3. The lowest BCUT2D eigenvalue weighted by molar-refractivity contribution is -0.139. The van der Waals surface area contributed by atoms with Crippen LogP contribution in [-0.2, 0) is 20.8 Å². The summed E-state index contributed by atoms with van der Waals surface area (Å²) in [7, 11) is 1.92. The number of oxime groups is 1. The SMILES string of the molecule is Cc1cc(N(C)CCOc2ccc(-n3cc(-c4ccc5c(c4)CC/C5=N\O)c(-c4ccncc4)n3)cc2)ccc1C(=O)N(C=O)C1CCC(=O)NC1=O. The number of hydrogen-bond donors (Lipinski definition) is 2. The van der Waals surface area contributed by atoms with Crippen molar-refractivity contribution in [3.05, 3.63) is 114 Å². The van der Waals surface area contributed by atoms with Crippen LogP contribution in [0.3, 0.4) is 0 Å². The van der Waals surface area contributed by atoms with E-state index in [9.17, 15) is 24.4 Å². The summed E-state index contributed by atoms with van der Waals surface area (Å²) in [5.41, 5.74) is 9.26. The molecule has 0 bridgehead atoms. The van der Waals surface area contributed by atoms with Crippen molar-refractivity contribution in [2.75, 3.05) is 25.1 Å². The summed E-state index contributed by atoms with van der Waals surface area (Å²) in [5, 5.41) is 20.0. The van der Waals surface area contributed by atoms with E-state index in [0.29, 0.717) is 48.6 Å². The molecule has 5 aromatic rings. The van der Waals surface area contributed by atoms with Crippen LogP contribution in [0.25, 0.3) is 28.1 Å². The molecule has 2 aromatic heterocycles. The average molecular weight is 712 g/mol. The molecule has 1 aliphatic heterocycles. The number of benzene rings is 3. The number of ether oxygens (including phenoxy) is 1. The molecule has 4 amide bonds. The normalized spacial score (nSPS) is 15.9. The Hall–Kier alpha value is -6.63. The number of amides is 4. The maximum absolute atomic E-state index is 13.2. The number of hydrogen-bond acceptors (Lipinski definition) is 10. The highest BCUT2D eigenvalue weighted by molar-refractivity contribution is 6.08. The molecule has 1 fully saturated rings. The molecule has 2 N–H and O–H groups in total. The van der Waals surface area contributed by atoms with E-state index in [-0.39, 0.29) is 12.8 Å².